The Bertz CT molecular complexity index is 983. The molecule has 3 N–H and O–H groups in total. The highest BCUT2D eigenvalue weighted by molar-refractivity contribution is 5.91. The van der Waals surface area contributed by atoms with E-state index in [0.29, 0.717) is 56.3 Å². The zero-order valence-electron chi connectivity index (χ0n) is 23.9. The Labute approximate surface area is 231 Å². The Morgan fingerprint density at radius 2 is 1.92 bits per heavy atom. The first-order valence-corrected chi connectivity index (χ1v) is 13.9. The number of nitrogens with one attached hydrogen (secondary N) is 2. The summed E-state index contributed by atoms with van der Waals surface area (Å²) < 4.78 is 11.8. The van der Waals surface area contributed by atoms with Gasteiger partial charge >= 0.3 is 6.03 Å². The standard InChI is InChI=1S/C28H45N5O6/c1-19(2)29-28(37)31(5)17-25-20(3)16-33(21(4)18-34)27(36)15-22-14-23(6-7-24(22)39-25)30-26(35)8-9-32-10-12-38-13-11-32/h6-7,14,19-21,25,34H,8-13,15-18H2,1-5H3,(H,29,37)(H,30,35)/t20-,21-,25-/m1/s1. The number of amides is 4. The Morgan fingerprint density at radius 3 is 2.59 bits per heavy atom. The van der Waals surface area contributed by atoms with Gasteiger partial charge in [-0.15, -0.1) is 0 Å². The van der Waals surface area contributed by atoms with Crippen LogP contribution < -0.4 is 15.4 Å². The summed E-state index contributed by atoms with van der Waals surface area (Å²) in [6.45, 7) is 11.8. The lowest BCUT2D eigenvalue weighted by Crippen LogP contribution is -2.49. The van der Waals surface area contributed by atoms with Crippen molar-refractivity contribution in [2.45, 2.75) is 58.7 Å². The Kier molecular flexibility index (Phi) is 11.4. The third-order valence-corrected chi connectivity index (χ3v) is 7.17. The number of likely N-dealkylation sites (N-methyl/N-ethyl adjacent to an activating group) is 1. The van der Waals surface area contributed by atoms with Crippen LogP contribution in [-0.2, 0) is 20.7 Å². The van der Waals surface area contributed by atoms with Gasteiger partial charge in [0, 0.05) is 62.9 Å². The molecule has 3 atom stereocenters. The summed E-state index contributed by atoms with van der Waals surface area (Å²) in [5.74, 6) is 0.192. The molecule has 1 fully saturated rings. The van der Waals surface area contributed by atoms with Crippen molar-refractivity contribution in [1.29, 1.82) is 0 Å². The molecular formula is C28H45N5O6. The molecule has 3 rings (SSSR count). The van der Waals surface area contributed by atoms with Gasteiger partial charge < -0.3 is 35.0 Å². The smallest absolute Gasteiger partial charge is 0.317 e. The van der Waals surface area contributed by atoms with Gasteiger partial charge in [-0.3, -0.25) is 14.5 Å². The molecule has 4 amide bonds. The van der Waals surface area contributed by atoms with Crippen LogP contribution in [0.15, 0.2) is 18.2 Å². The number of aliphatic hydroxyl groups excluding tert-OH is 1. The molecule has 0 bridgehead atoms. The molecule has 0 saturated carbocycles. The maximum absolute atomic E-state index is 13.4. The zero-order chi connectivity index (χ0) is 28.5. The molecular weight excluding hydrogens is 502 g/mol. The summed E-state index contributed by atoms with van der Waals surface area (Å²) in [5.41, 5.74) is 1.24. The molecule has 1 saturated heterocycles. The number of carbonyl (C=O) groups is 3. The second-order valence-electron chi connectivity index (χ2n) is 10.9. The minimum absolute atomic E-state index is 0.000527. The normalized spacial score (nSPS) is 21.2. The minimum atomic E-state index is -0.403. The quantitative estimate of drug-likeness (QED) is 0.429. The molecule has 0 spiro atoms. The predicted molar refractivity (Wildman–Crippen MR) is 149 cm³/mol. The Morgan fingerprint density at radius 1 is 1.21 bits per heavy atom. The van der Waals surface area contributed by atoms with Crippen molar-refractivity contribution in [1.82, 2.24) is 20.0 Å². The lowest BCUT2D eigenvalue weighted by molar-refractivity contribution is -0.134. The summed E-state index contributed by atoms with van der Waals surface area (Å²) in [6.07, 6.45) is 0.0267. The number of anilines is 1. The van der Waals surface area contributed by atoms with Gasteiger partial charge in [-0.25, -0.2) is 4.79 Å². The molecule has 0 radical (unpaired) electrons. The second-order valence-corrected chi connectivity index (χ2v) is 10.9. The first-order chi connectivity index (χ1) is 18.6. The van der Waals surface area contributed by atoms with Crippen LogP contribution in [0.4, 0.5) is 10.5 Å². The number of nitrogens with zero attached hydrogens (tertiary/aromatic N) is 3. The fraction of sp³-hybridized carbons (Fsp3) is 0.679. The van der Waals surface area contributed by atoms with Gasteiger partial charge in [0.25, 0.3) is 0 Å². The topological polar surface area (TPSA) is 124 Å². The van der Waals surface area contributed by atoms with E-state index in [1.807, 2.05) is 27.7 Å². The zero-order valence-corrected chi connectivity index (χ0v) is 23.9. The Balaban J connectivity index is 1.79. The van der Waals surface area contributed by atoms with Crippen molar-refractivity contribution < 1.29 is 29.0 Å². The summed E-state index contributed by atoms with van der Waals surface area (Å²) in [4.78, 5) is 44.1. The largest absolute Gasteiger partial charge is 0.488 e. The van der Waals surface area contributed by atoms with Crippen molar-refractivity contribution in [3.8, 4) is 5.75 Å². The number of aliphatic hydroxyl groups is 1. The molecule has 39 heavy (non-hydrogen) atoms. The average Bonchev–Trinajstić information content (AvgIpc) is 2.94. The third-order valence-electron chi connectivity index (χ3n) is 7.17. The van der Waals surface area contributed by atoms with Crippen LogP contribution in [0.25, 0.3) is 0 Å². The van der Waals surface area contributed by atoms with Crippen LogP contribution in [0.3, 0.4) is 0 Å². The highest BCUT2D eigenvalue weighted by atomic mass is 16.5. The number of fused-ring (bicyclic) bond motifs is 1. The van der Waals surface area contributed by atoms with E-state index >= 15 is 0 Å². The fourth-order valence-corrected chi connectivity index (χ4v) is 4.74. The van der Waals surface area contributed by atoms with Gasteiger partial charge in [0.15, 0.2) is 0 Å². The van der Waals surface area contributed by atoms with Crippen molar-refractivity contribution in [2.24, 2.45) is 5.92 Å². The van der Waals surface area contributed by atoms with Crippen LogP contribution in [0, 0.1) is 5.92 Å². The van der Waals surface area contributed by atoms with Gasteiger partial charge in [-0.1, -0.05) is 6.92 Å². The summed E-state index contributed by atoms with van der Waals surface area (Å²) in [5, 5.41) is 15.7. The van der Waals surface area contributed by atoms with Gasteiger partial charge in [-0.05, 0) is 39.0 Å². The number of urea groups is 1. The molecule has 218 valence electrons. The first kappa shape index (κ1) is 30.6. The number of benzene rings is 1. The number of rotatable bonds is 9. The van der Waals surface area contributed by atoms with Crippen LogP contribution in [-0.4, -0.2) is 115 Å². The van der Waals surface area contributed by atoms with Crippen molar-refractivity contribution in [3.05, 3.63) is 23.8 Å². The summed E-state index contributed by atoms with van der Waals surface area (Å²) >= 11 is 0. The van der Waals surface area contributed by atoms with E-state index in [2.05, 4.69) is 15.5 Å². The maximum atomic E-state index is 13.4. The number of carbonyl (C=O) groups excluding carboxylic acids is 3. The number of hydrogen-bond donors (Lipinski definition) is 3. The molecule has 0 unspecified atom stereocenters. The van der Waals surface area contributed by atoms with Gasteiger partial charge in [0.05, 0.1) is 38.8 Å². The molecule has 11 nitrogen and oxygen atoms in total. The van der Waals surface area contributed by atoms with Crippen LogP contribution in [0.5, 0.6) is 5.75 Å². The molecule has 1 aromatic rings. The van der Waals surface area contributed by atoms with E-state index in [1.54, 1.807) is 35.0 Å². The van der Waals surface area contributed by atoms with E-state index in [1.165, 1.54) is 0 Å². The second kappa shape index (κ2) is 14.5. The van der Waals surface area contributed by atoms with Gasteiger partial charge in [0.1, 0.15) is 11.9 Å². The van der Waals surface area contributed by atoms with Crippen molar-refractivity contribution in [3.63, 3.8) is 0 Å². The van der Waals surface area contributed by atoms with Crippen LogP contribution >= 0.6 is 0 Å². The van der Waals surface area contributed by atoms with E-state index in [-0.39, 0.29) is 48.9 Å². The average molecular weight is 548 g/mol. The van der Waals surface area contributed by atoms with Crippen molar-refractivity contribution in [2.75, 3.05) is 64.9 Å². The lowest BCUT2D eigenvalue weighted by Gasteiger charge is -2.34. The number of ether oxygens (including phenoxy) is 2. The fourth-order valence-electron chi connectivity index (χ4n) is 4.74. The van der Waals surface area contributed by atoms with Gasteiger partial charge in [0.2, 0.25) is 11.8 Å². The summed E-state index contributed by atoms with van der Waals surface area (Å²) in [6, 6.07) is 4.77. The number of morpholine rings is 1. The lowest BCUT2D eigenvalue weighted by atomic mass is 10.0. The monoisotopic (exact) mass is 547 g/mol. The highest BCUT2D eigenvalue weighted by Crippen LogP contribution is 2.29. The first-order valence-electron chi connectivity index (χ1n) is 13.9. The maximum Gasteiger partial charge on any atom is 0.317 e. The minimum Gasteiger partial charge on any atom is -0.488 e. The molecule has 0 aromatic heterocycles. The van der Waals surface area contributed by atoms with Crippen molar-refractivity contribution >= 4 is 23.5 Å². The predicted octanol–water partition coefficient (Wildman–Crippen LogP) is 1.55. The highest BCUT2D eigenvalue weighted by Gasteiger charge is 2.32. The third kappa shape index (κ3) is 9.08. The van der Waals surface area contributed by atoms with Crippen LogP contribution in [0.1, 0.15) is 39.7 Å². The van der Waals surface area contributed by atoms with Gasteiger partial charge in [-0.2, -0.15) is 0 Å². The molecule has 2 aliphatic heterocycles. The van der Waals surface area contributed by atoms with E-state index in [9.17, 15) is 19.5 Å². The molecule has 2 aliphatic rings. The number of hydrogen-bond acceptors (Lipinski definition) is 7. The molecule has 2 heterocycles. The van der Waals surface area contributed by atoms with E-state index in [4.69, 9.17) is 9.47 Å². The van der Waals surface area contributed by atoms with E-state index in [0.717, 1.165) is 13.1 Å². The molecule has 11 heteroatoms. The SMILES string of the molecule is CC(C)NC(=O)N(C)C[C@H]1Oc2ccc(NC(=O)CCN3CCOCC3)cc2CC(=O)N([C@H](C)CO)C[C@H]1C. The Hall–Kier alpha value is -2.89. The summed E-state index contributed by atoms with van der Waals surface area (Å²) in [7, 11) is 1.72. The molecule has 0 aliphatic carbocycles. The van der Waals surface area contributed by atoms with Crippen LogP contribution in [0.2, 0.25) is 0 Å². The van der Waals surface area contributed by atoms with E-state index < -0.39 is 6.10 Å². The molecule has 1 aromatic carbocycles.